The molecule has 1 heterocycles. The fraction of sp³-hybridized carbons (Fsp3) is 0.438. The van der Waals surface area contributed by atoms with Gasteiger partial charge in [-0.05, 0) is 24.1 Å². The number of aliphatic hydroxyl groups is 1. The minimum atomic E-state index is -0.855. The molecule has 4 amide bonds. The van der Waals surface area contributed by atoms with Crippen molar-refractivity contribution in [2.45, 2.75) is 18.9 Å². The highest BCUT2D eigenvalue weighted by molar-refractivity contribution is 6.05. The van der Waals surface area contributed by atoms with Crippen molar-refractivity contribution in [3.63, 3.8) is 0 Å². The molecule has 24 heavy (non-hydrogen) atoms. The number of amides is 4. The van der Waals surface area contributed by atoms with Crippen molar-refractivity contribution in [1.29, 1.82) is 0 Å². The lowest BCUT2D eigenvalue weighted by Crippen LogP contribution is -2.37. The van der Waals surface area contributed by atoms with Crippen LogP contribution in [0.15, 0.2) is 24.3 Å². The van der Waals surface area contributed by atoms with E-state index in [0.29, 0.717) is 6.42 Å². The Labute approximate surface area is 139 Å². The van der Waals surface area contributed by atoms with Crippen LogP contribution in [0.2, 0.25) is 0 Å². The van der Waals surface area contributed by atoms with Gasteiger partial charge in [0.2, 0.25) is 5.91 Å². The predicted octanol–water partition coefficient (Wildman–Crippen LogP) is -0.343. The Bertz CT molecular complexity index is 602. The number of hydrogen-bond acceptors (Lipinski definition) is 5. The van der Waals surface area contributed by atoms with Gasteiger partial charge in [-0.3, -0.25) is 14.5 Å². The molecule has 1 aliphatic heterocycles. The van der Waals surface area contributed by atoms with Crippen molar-refractivity contribution >= 4 is 17.8 Å². The van der Waals surface area contributed by atoms with Crippen LogP contribution in [0.25, 0.3) is 0 Å². The molecule has 1 aliphatic rings. The number of carbonyl (C=O) groups excluding carboxylic acids is 3. The average Bonchev–Trinajstić information content (AvgIpc) is 2.85. The first kappa shape index (κ1) is 17.7. The van der Waals surface area contributed by atoms with Crippen molar-refractivity contribution in [2.75, 3.05) is 26.8 Å². The smallest absolute Gasteiger partial charge is 0.324 e. The van der Waals surface area contributed by atoms with E-state index in [2.05, 4.69) is 10.6 Å². The Hall–Kier alpha value is -2.61. The Balaban J connectivity index is 1.87. The minimum absolute atomic E-state index is 0.120. The molecule has 1 aromatic rings. The Morgan fingerprint density at radius 3 is 2.67 bits per heavy atom. The molecule has 1 fully saturated rings. The molecule has 0 saturated carbocycles. The van der Waals surface area contributed by atoms with Gasteiger partial charge in [0.05, 0.1) is 20.1 Å². The van der Waals surface area contributed by atoms with E-state index >= 15 is 0 Å². The molecule has 0 spiro atoms. The van der Waals surface area contributed by atoms with E-state index in [0.717, 1.165) is 16.2 Å². The van der Waals surface area contributed by atoms with Gasteiger partial charge >= 0.3 is 6.03 Å². The van der Waals surface area contributed by atoms with Crippen molar-refractivity contribution in [2.24, 2.45) is 0 Å². The number of imide groups is 1. The molecule has 1 saturated heterocycles. The summed E-state index contributed by atoms with van der Waals surface area (Å²) in [5.74, 6) is -0.0601. The zero-order valence-corrected chi connectivity index (χ0v) is 13.4. The van der Waals surface area contributed by atoms with Crippen LogP contribution in [-0.2, 0) is 16.0 Å². The molecule has 1 aromatic carbocycles. The second-order valence-electron chi connectivity index (χ2n) is 5.37. The van der Waals surface area contributed by atoms with Crippen LogP contribution < -0.4 is 15.4 Å². The Kier molecular flexibility index (Phi) is 6.14. The van der Waals surface area contributed by atoms with Crippen molar-refractivity contribution < 1.29 is 24.2 Å². The van der Waals surface area contributed by atoms with E-state index in [1.807, 2.05) is 24.3 Å². The molecule has 8 nitrogen and oxygen atoms in total. The van der Waals surface area contributed by atoms with Crippen molar-refractivity contribution in [3.05, 3.63) is 29.8 Å². The molecule has 0 bridgehead atoms. The average molecular weight is 335 g/mol. The number of rotatable bonds is 8. The first-order valence-corrected chi connectivity index (χ1v) is 7.67. The summed E-state index contributed by atoms with van der Waals surface area (Å²) in [5.41, 5.74) is 0.973. The molecule has 1 atom stereocenters. The molecule has 0 unspecified atom stereocenters. The van der Waals surface area contributed by atoms with Gasteiger partial charge in [0, 0.05) is 13.1 Å². The summed E-state index contributed by atoms with van der Waals surface area (Å²) in [5, 5.41) is 13.6. The van der Waals surface area contributed by atoms with Crippen LogP contribution >= 0.6 is 0 Å². The van der Waals surface area contributed by atoms with Gasteiger partial charge in [-0.15, -0.1) is 0 Å². The number of methoxy groups -OCH3 is 1. The fourth-order valence-electron chi connectivity index (χ4n) is 2.41. The number of nitrogens with zero attached hydrogens (tertiary/aromatic N) is 1. The lowest BCUT2D eigenvalue weighted by atomic mass is 10.1. The lowest BCUT2D eigenvalue weighted by molar-refractivity contribution is -0.130. The lowest BCUT2D eigenvalue weighted by Gasteiger charge is -2.13. The third kappa shape index (κ3) is 4.45. The first-order valence-electron chi connectivity index (χ1n) is 7.67. The molecule has 0 aliphatic carbocycles. The number of carbonyl (C=O) groups is 3. The summed E-state index contributed by atoms with van der Waals surface area (Å²) in [6, 6.07) is 6.03. The van der Waals surface area contributed by atoms with Crippen LogP contribution in [0.4, 0.5) is 4.79 Å². The minimum Gasteiger partial charge on any atom is -0.497 e. The number of hydrogen-bond donors (Lipinski definition) is 3. The maximum Gasteiger partial charge on any atom is 0.324 e. The second kappa shape index (κ2) is 8.30. The van der Waals surface area contributed by atoms with Gasteiger partial charge < -0.3 is 20.5 Å². The number of urea groups is 1. The summed E-state index contributed by atoms with van der Waals surface area (Å²) < 4.78 is 5.08. The highest BCUT2D eigenvalue weighted by atomic mass is 16.5. The molecule has 0 aromatic heterocycles. The summed E-state index contributed by atoms with van der Waals surface area (Å²) >= 11 is 0. The van der Waals surface area contributed by atoms with Gasteiger partial charge in [-0.2, -0.15) is 0 Å². The SMILES string of the molecule is COc1ccc(CCN2C(=O)N[C@@H](CC(=O)NCCO)C2=O)cc1. The van der Waals surface area contributed by atoms with Crippen LogP contribution in [-0.4, -0.2) is 60.7 Å². The van der Waals surface area contributed by atoms with E-state index in [-0.39, 0.29) is 32.0 Å². The highest BCUT2D eigenvalue weighted by Gasteiger charge is 2.38. The fourth-order valence-corrected chi connectivity index (χ4v) is 2.41. The molecule has 130 valence electrons. The maximum absolute atomic E-state index is 12.2. The first-order chi connectivity index (χ1) is 11.5. The summed E-state index contributed by atoms with van der Waals surface area (Å²) in [6.07, 6.45) is 0.385. The zero-order valence-electron chi connectivity index (χ0n) is 13.4. The molecular formula is C16H21N3O5. The maximum atomic E-state index is 12.2. The van der Waals surface area contributed by atoms with Gasteiger partial charge in [0.1, 0.15) is 11.8 Å². The van der Waals surface area contributed by atoms with Gasteiger partial charge in [-0.25, -0.2) is 4.79 Å². The summed E-state index contributed by atoms with van der Waals surface area (Å²) in [6.45, 7) is 0.186. The van der Waals surface area contributed by atoms with Crippen molar-refractivity contribution in [1.82, 2.24) is 15.5 Å². The molecule has 3 N–H and O–H groups in total. The molecular weight excluding hydrogens is 314 g/mol. The van der Waals surface area contributed by atoms with E-state index < -0.39 is 18.0 Å². The van der Waals surface area contributed by atoms with Crippen LogP contribution in [0.1, 0.15) is 12.0 Å². The monoisotopic (exact) mass is 335 g/mol. The molecule has 0 radical (unpaired) electrons. The summed E-state index contributed by atoms with van der Waals surface area (Å²) in [4.78, 5) is 36.9. The number of ether oxygens (including phenoxy) is 1. The van der Waals surface area contributed by atoms with Crippen LogP contribution in [0.5, 0.6) is 5.75 Å². The van der Waals surface area contributed by atoms with E-state index in [1.165, 1.54) is 0 Å². The quantitative estimate of drug-likeness (QED) is 0.563. The summed E-state index contributed by atoms with van der Waals surface area (Å²) in [7, 11) is 1.58. The van der Waals surface area contributed by atoms with Crippen molar-refractivity contribution in [3.8, 4) is 5.75 Å². The second-order valence-corrected chi connectivity index (χ2v) is 5.37. The Morgan fingerprint density at radius 1 is 1.33 bits per heavy atom. The van der Waals surface area contributed by atoms with E-state index in [9.17, 15) is 14.4 Å². The molecule has 8 heteroatoms. The number of nitrogens with one attached hydrogen (secondary N) is 2. The Morgan fingerprint density at radius 2 is 2.04 bits per heavy atom. The normalized spacial score (nSPS) is 16.9. The number of benzene rings is 1. The largest absolute Gasteiger partial charge is 0.497 e. The third-order valence-electron chi connectivity index (χ3n) is 3.71. The topological polar surface area (TPSA) is 108 Å². The highest BCUT2D eigenvalue weighted by Crippen LogP contribution is 2.14. The third-order valence-corrected chi connectivity index (χ3v) is 3.71. The van der Waals surface area contributed by atoms with Gasteiger partial charge in [0.15, 0.2) is 0 Å². The van der Waals surface area contributed by atoms with E-state index in [1.54, 1.807) is 7.11 Å². The molecule has 2 rings (SSSR count). The van der Waals surface area contributed by atoms with Gasteiger partial charge in [0.25, 0.3) is 5.91 Å². The number of aliphatic hydroxyl groups excluding tert-OH is 1. The van der Waals surface area contributed by atoms with Crippen LogP contribution in [0, 0.1) is 0 Å². The predicted molar refractivity (Wildman–Crippen MR) is 85.4 cm³/mol. The zero-order chi connectivity index (χ0) is 17.5. The van der Waals surface area contributed by atoms with Crippen LogP contribution in [0.3, 0.4) is 0 Å². The van der Waals surface area contributed by atoms with E-state index in [4.69, 9.17) is 9.84 Å². The van der Waals surface area contributed by atoms with Gasteiger partial charge in [-0.1, -0.05) is 12.1 Å². The standard InChI is InChI=1S/C16H21N3O5/c1-24-12-4-2-11(3-5-12)6-8-19-15(22)13(18-16(19)23)10-14(21)17-7-9-20/h2-5,13,20H,6-10H2,1H3,(H,17,21)(H,18,23)/t13-/m0/s1.